The van der Waals surface area contributed by atoms with Crippen molar-refractivity contribution < 1.29 is 14.3 Å². The summed E-state index contributed by atoms with van der Waals surface area (Å²) in [6, 6.07) is 5.52. The van der Waals surface area contributed by atoms with Crippen LogP contribution in [-0.4, -0.2) is 27.2 Å². The highest BCUT2D eigenvalue weighted by Gasteiger charge is 2.31. The third kappa shape index (κ3) is 4.40. The Morgan fingerprint density at radius 1 is 1.35 bits per heavy atom. The molecule has 1 aliphatic rings. The summed E-state index contributed by atoms with van der Waals surface area (Å²) in [7, 11) is 0. The number of rotatable bonds is 3. The summed E-state index contributed by atoms with van der Waals surface area (Å²) in [4.78, 5) is 27.5. The van der Waals surface area contributed by atoms with Gasteiger partial charge in [-0.05, 0) is 18.2 Å². The average Bonchev–Trinajstić information content (AvgIpc) is 3.02. The van der Waals surface area contributed by atoms with E-state index in [4.69, 9.17) is 39.5 Å². The van der Waals surface area contributed by atoms with Gasteiger partial charge in [0, 0.05) is 29.9 Å². The van der Waals surface area contributed by atoms with Crippen molar-refractivity contribution in [2.75, 3.05) is 11.9 Å². The molecule has 2 N–H and O–H groups in total. The van der Waals surface area contributed by atoms with E-state index >= 15 is 0 Å². The van der Waals surface area contributed by atoms with Crippen molar-refractivity contribution in [2.24, 2.45) is 0 Å². The lowest BCUT2D eigenvalue weighted by Crippen LogP contribution is -2.30. The molecule has 0 fully saturated rings. The fourth-order valence-electron chi connectivity index (χ4n) is 2.58. The highest BCUT2D eigenvalue weighted by molar-refractivity contribution is 7.14. The first kappa shape index (κ1) is 19.2. The van der Waals surface area contributed by atoms with Crippen LogP contribution in [0.2, 0.25) is 0 Å². The van der Waals surface area contributed by atoms with E-state index in [-0.39, 0.29) is 11.9 Å². The standard InChI is InChI=1S/C16H14Cl3N3O3S/c1-8(23)20-11-4-5-25-13-3-2-9(6-10(11)13)12-7-26-15(21-12)22-14(24)16(17,18)19/h2-3,6-7,11H,4-5H2,1H3,(H,20,23)(H,21,22,24). The molecule has 138 valence electrons. The Morgan fingerprint density at radius 3 is 2.81 bits per heavy atom. The second-order valence-electron chi connectivity index (χ2n) is 5.63. The summed E-state index contributed by atoms with van der Waals surface area (Å²) in [5.41, 5.74) is 2.38. The Bertz CT molecular complexity index is 851. The third-order valence-electron chi connectivity index (χ3n) is 3.70. The maximum Gasteiger partial charge on any atom is 0.278 e. The number of hydrogen-bond acceptors (Lipinski definition) is 5. The zero-order valence-corrected chi connectivity index (χ0v) is 16.6. The average molecular weight is 435 g/mol. The number of anilines is 1. The SMILES string of the molecule is CC(=O)NC1CCOc2ccc(-c3csc(NC(=O)C(Cl)(Cl)Cl)n3)cc21. The van der Waals surface area contributed by atoms with Gasteiger partial charge >= 0.3 is 0 Å². The lowest BCUT2D eigenvalue weighted by Gasteiger charge is -2.26. The smallest absolute Gasteiger partial charge is 0.278 e. The van der Waals surface area contributed by atoms with Gasteiger partial charge in [-0.2, -0.15) is 0 Å². The van der Waals surface area contributed by atoms with Crippen molar-refractivity contribution in [1.29, 1.82) is 0 Å². The molecule has 1 aromatic heterocycles. The van der Waals surface area contributed by atoms with Gasteiger partial charge in [0.25, 0.3) is 9.70 Å². The van der Waals surface area contributed by atoms with Crippen LogP contribution >= 0.6 is 46.1 Å². The predicted molar refractivity (Wildman–Crippen MR) is 103 cm³/mol. The van der Waals surface area contributed by atoms with Crippen LogP contribution in [0.1, 0.15) is 24.9 Å². The Kier molecular flexibility index (Phi) is 5.62. The van der Waals surface area contributed by atoms with Gasteiger partial charge < -0.3 is 10.1 Å². The maximum absolute atomic E-state index is 11.7. The Labute approximate surface area is 168 Å². The summed E-state index contributed by atoms with van der Waals surface area (Å²) < 4.78 is 3.60. The second kappa shape index (κ2) is 7.60. The van der Waals surface area contributed by atoms with E-state index in [0.717, 1.165) is 16.9 Å². The fraction of sp³-hybridized carbons (Fsp3) is 0.312. The van der Waals surface area contributed by atoms with E-state index in [2.05, 4.69) is 15.6 Å². The zero-order valence-electron chi connectivity index (χ0n) is 13.5. The molecule has 0 spiro atoms. The number of carbonyl (C=O) groups excluding carboxylic acids is 2. The summed E-state index contributed by atoms with van der Waals surface area (Å²) >= 11 is 17.8. The molecule has 26 heavy (non-hydrogen) atoms. The molecule has 6 nitrogen and oxygen atoms in total. The molecule has 0 radical (unpaired) electrons. The van der Waals surface area contributed by atoms with E-state index < -0.39 is 9.70 Å². The van der Waals surface area contributed by atoms with E-state index in [1.165, 1.54) is 18.3 Å². The minimum absolute atomic E-state index is 0.0985. The number of amides is 2. The summed E-state index contributed by atoms with van der Waals surface area (Å²) in [6.45, 7) is 2.03. The first-order valence-corrected chi connectivity index (χ1v) is 9.63. The number of benzene rings is 1. The molecule has 2 amide bonds. The Morgan fingerprint density at radius 2 is 2.12 bits per heavy atom. The van der Waals surface area contributed by atoms with E-state index in [1.807, 2.05) is 18.2 Å². The third-order valence-corrected chi connectivity index (χ3v) is 4.98. The van der Waals surface area contributed by atoms with Crippen LogP contribution in [0.4, 0.5) is 5.13 Å². The topological polar surface area (TPSA) is 80.3 Å². The second-order valence-corrected chi connectivity index (χ2v) is 8.77. The van der Waals surface area contributed by atoms with Crippen molar-refractivity contribution >= 4 is 63.1 Å². The fourth-order valence-corrected chi connectivity index (χ4v) is 3.44. The highest BCUT2D eigenvalue weighted by atomic mass is 35.6. The normalized spacial score (nSPS) is 16.4. The van der Waals surface area contributed by atoms with E-state index in [0.29, 0.717) is 23.9 Å². The Hall–Kier alpha value is -1.54. The number of aromatic nitrogens is 1. The van der Waals surface area contributed by atoms with Crippen LogP contribution < -0.4 is 15.4 Å². The van der Waals surface area contributed by atoms with Crippen LogP contribution in [0.3, 0.4) is 0 Å². The predicted octanol–water partition coefficient (Wildman–Crippen LogP) is 4.08. The molecular formula is C16H14Cl3N3O3S. The maximum atomic E-state index is 11.7. The van der Waals surface area contributed by atoms with Crippen molar-refractivity contribution in [3.8, 4) is 17.0 Å². The lowest BCUT2D eigenvalue weighted by molar-refractivity contribution is -0.120. The molecule has 0 aliphatic carbocycles. The lowest BCUT2D eigenvalue weighted by atomic mass is 9.97. The minimum atomic E-state index is -2.05. The number of halogens is 3. The van der Waals surface area contributed by atoms with Crippen LogP contribution in [0, 0.1) is 0 Å². The zero-order chi connectivity index (χ0) is 18.9. The highest BCUT2D eigenvalue weighted by Crippen LogP contribution is 2.36. The van der Waals surface area contributed by atoms with Crippen molar-refractivity contribution in [3.05, 3.63) is 29.1 Å². The Balaban J connectivity index is 1.85. The quantitative estimate of drug-likeness (QED) is 0.713. The number of fused-ring (bicyclic) bond motifs is 1. The number of nitrogens with one attached hydrogen (secondary N) is 2. The van der Waals surface area contributed by atoms with Gasteiger partial charge in [-0.25, -0.2) is 4.98 Å². The molecule has 1 aliphatic heterocycles. The van der Waals surface area contributed by atoms with Crippen LogP contribution in [0.25, 0.3) is 11.3 Å². The van der Waals surface area contributed by atoms with Crippen LogP contribution in [-0.2, 0) is 9.59 Å². The molecule has 2 heterocycles. The van der Waals surface area contributed by atoms with Crippen LogP contribution in [0.5, 0.6) is 5.75 Å². The van der Waals surface area contributed by atoms with Crippen LogP contribution in [0.15, 0.2) is 23.6 Å². The number of hydrogen-bond donors (Lipinski definition) is 2. The molecule has 1 atom stereocenters. The number of nitrogens with zero attached hydrogens (tertiary/aromatic N) is 1. The monoisotopic (exact) mass is 433 g/mol. The molecule has 0 saturated carbocycles. The molecule has 0 bridgehead atoms. The number of thiazole rings is 1. The van der Waals surface area contributed by atoms with E-state index in [1.54, 1.807) is 5.38 Å². The van der Waals surface area contributed by atoms with Gasteiger partial charge in [-0.3, -0.25) is 14.9 Å². The van der Waals surface area contributed by atoms with Gasteiger partial charge in [-0.1, -0.05) is 34.8 Å². The molecule has 1 unspecified atom stereocenters. The number of carbonyl (C=O) groups is 2. The van der Waals surface area contributed by atoms with Gasteiger partial charge in [0.1, 0.15) is 5.75 Å². The van der Waals surface area contributed by atoms with Gasteiger partial charge in [0.05, 0.1) is 18.3 Å². The summed E-state index contributed by atoms with van der Waals surface area (Å²) in [5, 5.41) is 7.49. The largest absolute Gasteiger partial charge is 0.493 e. The first-order chi connectivity index (χ1) is 12.2. The van der Waals surface area contributed by atoms with Crippen molar-refractivity contribution in [2.45, 2.75) is 23.2 Å². The molecule has 0 saturated heterocycles. The molecule has 1 aromatic carbocycles. The van der Waals surface area contributed by atoms with Crippen molar-refractivity contribution in [1.82, 2.24) is 10.3 Å². The molecule has 3 rings (SSSR count). The molecule has 10 heteroatoms. The molecule has 2 aromatic rings. The van der Waals surface area contributed by atoms with Gasteiger partial charge in [-0.15, -0.1) is 11.3 Å². The summed E-state index contributed by atoms with van der Waals surface area (Å²) in [6.07, 6.45) is 0.692. The number of ether oxygens (including phenoxy) is 1. The summed E-state index contributed by atoms with van der Waals surface area (Å²) in [5.74, 6) is -0.134. The number of alkyl halides is 3. The van der Waals surface area contributed by atoms with Crippen molar-refractivity contribution in [3.63, 3.8) is 0 Å². The van der Waals surface area contributed by atoms with Gasteiger partial charge in [0.15, 0.2) is 5.13 Å². The molecular weight excluding hydrogens is 421 g/mol. The van der Waals surface area contributed by atoms with Gasteiger partial charge in [0.2, 0.25) is 5.91 Å². The minimum Gasteiger partial charge on any atom is -0.493 e. The van der Waals surface area contributed by atoms with E-state index in [9.17, 15) is 9.59 Å². The first-order valence-electron chi connectivity index (χ1n) is 7.62.